The van der Waals surface area contributed by atoms with E-state index in [1.807, 2.05) is 0 Å². The Morgan fingerprint density at radius 2 is 1.16 bits per heavy atom. The highest BCUT2D eigenvalue weighted by Gasteiger charge is 2.34. The van der Waals surface area contributed by atoms with Crippen LogP contribution >= 0.6 is 0 Å². The van der Waals surface area contributed by atoms with Crippen LogP contribution in [0.25, 0.3) is 0 Å². The van der Waals surface area contributed by atoms with Crippen LogP contribution < -0.4 is 0 Å². The van der Waals surface area contributed by atoms with Gasteiger partial charge < -0.3 is 4.74 Å². The first-order chi connectivity index (χ1) is 12.3. The molecule has 3 aliphatic rings. The van der Waals surface area contributed by atoms with Crippen molar-refractivity contribution < 1.29 is 4.74 Å². The lowest BCUT2D eigenvalue weighted by Gasteiger charge is -2.41. The monoisotopic (exact) mass is 346 g/mol. The lowest BCUT2D eigenvalue weighted by Crippen LogP contribution is -2.31. The topological polar surface area (TPSA) is 9.23 Å². The zero-order chi connectivity index (χ0) is 17.5. The molecule has 0 heterocycles. The molecule has 25 heavy (non-hydrogen) atoms. The summed E-state index contributed by atoms with van der Waals surface area (Å²) in [6.07, 6.45) is 23.0. The highest BCUT2D eigenvalue weighted by atomic mass is 16.5. The molecule has 0 N–H and O–H groups in total. The van der Waals surface area contributed by atoms with Gasteiger partial charge in [-0.3, -0.25) is 0 Å². The van der Waals surface area contributed by atoms with Crippen molar-refractivity contribution in [1.82, 2.24) is 0 Å². The molecule has 0 bridgehead atoms. The minimum absolute atomic E-state index is 0.578. The maximum atomic E-state index is 5.84. The van der Waals surface area contributed by atoms with Crippen LogP contribution in [0.15, 0.2) is 12.7 Å². The van der Waals surface area contributed by atoms with Crippen molar-refractivity contribution in [3.63, 3.8) is 0 Å². The van der Waals surface area contributed by atoms with Gasteiger partial charge in [0.05, 0.1) is 6.10 Å². The third-order valence-electron chi connectivity index (χ3n) is 7.94. The molecule has 1 nitrogen and oxygen atoms in total. The van der Waals surface area contributed by atoms with Crippen LogP contribution in [0.5, 0.6) is 0 Å². The minimum Gasteiger partial charge on any atom is -0.379 e. The zero-order valence-electron chi connectivity index (χ0n) is 16.8. The third kappa shape index (κ3) is 5.59. The first kappa shape index (κ1) is 19.5. The van der Waals surface area contributed by atoms with E-state index >= 15 is 0 Å². The predicted molar refractivity (Wildman–Crippen MR) is 108 cm³/mol. The molecule has 0 aromatic rings. The number of rotatable bonds is 7. The molecular weight excluding hydrogens is 304 g/mol. The van der Waals surface area contributed by atoms with Crippen molar-refractivity contribution in [2.75, 3.05) is 6.61 Å². The van der Waals surface area contributed by atoms with Crippen molar-refractivity contribution in [1.29, 1.82) is 0 Å². The molecule has 3 aliphatic carbocycles. The summed E-state index contributed by atoms with van der Waals surface area (Å²) >= 11 is 0. The van der Waals surface area contributed by atoms with Gasteiger partial charge in [0, 0.05) is 6.61 Å². The first-order valence-corrected chi connectivity index (χ1v) is 11.5. The minimum atomic E-state index is 0.578. The second-order valence-corrected chi connectivity index (χ2v) is 9.31. The van der Waals surface area contributed by atoms with Crippen molar-refractivity contribution >= 4 is 0 Å². The van der Waals surface area contributed by atoms with Gasteiger partial charge in [-0.25, -0.2) is 0 Å². The van der Waals surface area contributed by atoms with Crippen LogP contribution in [0, 0.1) is 29.6 Å². The van der Waals surface area contributed by atoms with E-state index in [1.54, 1.807) is 0 Å². The van der Waals surface area contributed by atoms with Crippen molar-refractivity contribution in [2.45, 2.75) is 103 Å². The molecule has 0 amide bonds. The maximum absolute atomic E-state index is 5.84. The molecule has 0 radical (unpaired) electrons. The van der Waals surface area contributed by atoms with Crippen LogP contribution in [0.3, 0.4) is 0 Å². The Hall–Kier alpha value is -0.300. The van der Waals surface area contributed by atoms with Crippen LogP contribution in [0.1, 0.15) is 96.8 Å². The fourth-order valence-corrected chi connectivity index (χ4v) is 6.35. The van der Waals surface area contributed by atoms with E-state index in [0.29, 0.717) is 6.10 Å². The summed E-state index contributed by atoms with van der Waals surface area (Å²) in [5.41, 5.74) is 0. The average molecular weight is 347 g/mol. The van der Waals surface area contributed by atoms with Gasteiger partial charge >= 0.3 is 0 Å². The van der Waals surface area contributed by atoms with Crippen LogP contribution in [0.4, 0.5) is 0 Å². The highest BCUT2D eigenvalue weighted by Crippen LogP contribution is 2.45. The van der Waals surface area contributed by atoms with Gasteiger partial charge in [0.15, 0.2) is 0 Å². The van der Waals surface area contributed by atoms with Gasteiger partial charge in [-0.15, -0.1) is 6.58 Å². The number of allylic oxidation sites excluding steroid dienone is 1. The van der Waals surface area contributed by atoms with Gasteiger partial charge in [0.2, 0.25) is 0 Å². The van der Waals surface area contributed by atoms with Gasteiger partial charge in [-0.2, -0.15) is 0 Å². The summed E-state index contributed by atoms with van der Waals surface area (Å²) in [7, 11) is 0. The Morgan fingerprint density at radius 3 is 1.60 bits per heavy atom. The average Bonchev–Trinajstić information content (AvgIpc) is 2.68. The number of hydrogen-bond acceptors (Lipinski definition) is 1. The molecule has 0 aromatic carbocycles. The van der Waals surface area contributed by atoms with Gasteiger partial charge in [0.25, 0.3) is 0 Å². The molecule has 1 heteroatoms. The normalized spacial score (nSPS) is 39.9. The van der Waals surface area contributed by atoms with E-state index in [9.17, 15) is 0 Å². The molecule has 0 saturated heterocycles. The van der Waals surface area contributed by atoms with Crippen LogP contribution in [-0.2, 0) is 4.74 Å². The second-order valence-electron chi connectivity index (χ2n) is 9.31. The van der Waals surface area contributed by atoms with E-state index in [4.69, 9.17) is 4.74 Å². The molecular formula is C24H42O. The SMILES string of the molecule is C=CCCC1CCC(C2CCC(C3CCC(OCC)CC3)CC2)CC1. The number of ether oxygens (including phenoxy) is 1. The van der Waals surface area contributed by atoms with E-state index in [1.165, 1.54) is 89.9 Å². The van der Waals surface area contributed by atoms with Crippen LogP contribution in [0.2, 0.25) is 0 Å². The van der Waals surface area contributed by atoms with Gasteiger partial charge in [-0.1, -0.05) is 18.9 Å². The Morgan fingerprint density at radius 1 is 0.720 bits per heavy atom. The standard InChI is InChI=1S/C24H42O/c1-3-5-6-19-7-9-20(10-8-19)21-11-13-22(14-12-21)23-15-17-24(18-16-23)25-4-2/h3,19-24H,1,4-18H2,2H3. The van der Waals surface area contributed by atoms with Crippen LogP contribution in [-0.4, -0.2) is 12.7 Å². The Balaban J connectivity index is 1.35. The van der Waals surface area contributed by atoms with Gasteiger partial charge in [-0.05, 0) is 114 Å². The summed E-state index contributed by atoms with van der Waals surface area (Å²) in [5.74, 6) is 5.20. The highest BCUT2D eigenvalue weighted by molar-refractivity contribution is 4.86. The molecule has 0 unspecified atom stereocenters. The first-order valence-electron chi connectivity index (χ1n) is 11.5. The second kappa shape index (κ2) is 10.1. The van der Waals surface area contributed by atoms with Crippen molar-refractivity contribution in [3.8, 4) is 0 Å². The zero-order valence-corrected chi connectivity index (χ0v) is 16.8. The maximum Gasteiger partial charge on any atom is 0.0575 e. The van der Waals surface area contributed by atoms with Gasteiger partial charge in [0.1, 0.15) is 0 Å². The quantitative estimate of drug-likeness (QED) is 0.444. The molecule has 0 aromatic heterocycles. The molecule has 0 aliphatic heterocycles. The van der Waals surface area contributed by atoms with Crippen molar-refractivity contribution in [2.24, 2.45) is 29.6 Å². The lowest BCUT2D eigenvalue weighted by molar-refractivity contribution is 0.0116. The summed E-state index contributed by atoms with van der Waals surface area (Å²) in [5, 5.41) is 0. The summed E-state index contributed by atoms with van der Waals surface area (Å²) < 4.78 is 5.84. The molecule has 0 spiro atoms. The Kier molecular flexibility index (Phi) is 7.90. The largest absolute Gasteiger partial charge is 0.379 e. The third-order valence-corrected chi connectivity index (χ3v) is 7.94. The lowest BCUT2D eigenvalue weighted by atomic mass is 9.65. The summed E-state index contributed by atoms with van der Waals surface area (Å²) in [4.78, 5) is 0. The molecule has 3 fully saturated rings. The fraction of sp³-hybridized carbons (Fsp3) is 0.917. The molecule has 3 rings (SSSR count). The predicted octanol–water partition coefficient (Wildman–Crippen LogP) is 7.16. The van der Waals surface area contributed by atoms with E-state index < -0.39 is 0 Å². The summed E-state index contributed by atoms with van der Waals surface area (Å²) in [6, 6.07) is 0. The molecule has 144 valence electrons. The number of hydrogen-bond donors (Lipinski definition) is 0. The molecule has 0 atom stereocenters. The Labute approximate surface area is 157 Å². The van der Waals surface area contributed by atoms with Crippen molar-refractivity contribution in [3.05, 3.63) is 12.7 Å². The van der Waals surface area contributed by atoms with E-state index in [-0.39, 0.29) is 0 Å². The fourth-order valence-electron chi connectivity index (χ4n) is 6.35. The summed E-state index contributed by atoms with van der Waals surface area (Å²) in [6.45, 7) is 6.92. The van der Waals surface area contributed by atoms with E-state index in [2.05, 4.69) is 19.6 Å². The van der Waals surface area contributed by atoms with E-state index in [0.717, 1.165) is 36.2 Å². The smallest absolute Gasteiger partial charge is 0.0575 e. The Bertz CT molecular complexity index is 366. The molecule has 3 saturated carbocycles.